The molecule has 0 saturated heterocycles. The first-order valence-electron chi connectivity index (χ1n) is 1.92. The van der Waals surface area contributed by atoms with E-state index in [0.717, 1.165) is 4.89 Å². The first kappa shape index (κ1) is 11.9. The molecule has 0 heterocycles. The fourth-order valence-electron chi connectivity index (χ4n) is 0.182. The number of rotatable bonds is 3. The summed E-state index contributed by atoms with van der Waals surface area (Å²) in [5.74, 6) is 0. The molecule has 0 unspecified atom stereocenters. The predicted octanol–water partition coefficient (Wildman–Crippen LogP) is -0.332. The van der Waals surface area contributed by atoms with Crippen molar-refractivity contribution in [3.63, 3.8) is 0 Å². The van der Waals surface area contributed by atoms with Gasteiger partial charge in [0.2, 0.25) is 0 Å². The van der Waals surface area contributed by atoms with Crippen LogP contribution in [0.25, 0.3) is 0 Å². The second-order valence-corrected chi connectivity index (χ2v) is 2.28. The van der Waals surface area contributed by atoms with Crippen molar-refractivity contribution in [3.05, 3.63) is 0 Å². The second kappa shape index (κ2) is 4.95. The van der Waals surface area contributed by atoms with Gasteiger partial charge in [0.1, 0.15) is 0 Å². The summed E-state index contributed by atoms with van der Waals surface area (Å²) >= 11 is 0. The standard InChI is InChI=1S/C2H7NO4S.ClH/c1-2-7-8(5,6)3-4;/h3-4H,2H2,1H3;1H. The highest BCUT2D eigenvalue weighted by Gasteiger charge is 2.03. The van der Waals surface area contributed by atoms with Crippen LogP contribution in [0.3, 0.4) is 0 Å². The molecule has 0 aromatic rings. The second-order valence-electron chi connectivity index (χ2n) is 0.952. The van der Waals surface area contributed by atoms with Gasteiger partial charge in [-0.25, -0.2) is 0 Å². The number of halogens is 1. The molecule has 0 atom stereocenters. The van der Waals surface area contributed by atoms with Crippen LogP contribution in [0, 0.1) is 0 Å². The smallest absolute Gasteiger partial charge is 0.300 e. The van der Waals surface area contributed by atoms with E-state index in [9.17, 15) is 8.42 Å². The van der Waals surface area contributed by atoms with Crippen LogP contribution in [0.4, 0.5) is 0 Å². The molecular formula is C2H8ClNO4S. The normalized spacial score (nSPS) is 10.4. The summed E-state index contributed by atoms with van der Waals surface area (Å²) in [6.45, 7) is 1.50. The topological polar surface area (TPSA) is 75.6 Å². The van der Waals surface area contributed by atoms with E-state index in [1.807, 2.05) is 0 Å². The Morgan fingerprint density at radius 2 is 2.11 bits per heavy atom. The third-order valence-corrected chi connectivity index (χ3v) is 1.15. The monoisotopic (exact) mass is 177 g/mol. The van der Waals surface area contributed by atoms with Gasteiger partial charge in [-0.1, -0.05) is 4.89 Å². The van der Waals surface area contributed by atoms with Gasteiger partial charge in [-0.05, 0) is 6.92 Å². The highest BCUT2D eigenvalue weighted by Crippen LogP contribution is 1.81. The van der Waals surface area contributed by atoms with E-state index in [-0.39, 0.29) is 19.0 Å². The van der Waals surface area contributed by atoms with Crippen LogP contribution in [0.2, 0.25) is 0 Å². The first-order chi connectivity index (χ1) is 3.62. The molecule has 0 aromatic heterocycles. The summed E-state index contributed by atoms with van der Waals surface area (Å²) in [5.41, 5.74) is 0. The fraction of sp³-hybridized carbons (Fsp3) is 1.00. The maximum Gasteiger partial charge on any atom is 0.357 e. The minimum atomic E-state index is -3.86. The first-order valence-corrected chi connectivity index (χ1v) is 3.33. The molecule has 0 spiro atoms. The number of nitrogens with one attached hydrogen (secondary N) is 1. The minimum absolute atomic E-state index is 0. The summed E-state index contributed by atoms with van der Waals surface area (Å²) in [7, 11) is -3.86. The van der Waals surface area contributed by atoms with Gasteiger partial charge in [-0.3, -0.25) is 4.18 Å². The van der Waals surface area contributed by atoms with Crippen LogP contribution < -0.4 is 4.89 Å². The lowest BCUT2D eigenvalue weighted by atomic mass is 10.9. The van der Waals surface area contributed by atoms with E-state index in [2.05, 4.69) is 4.18 Å². The Morgan fingerprint density at radius 3 is 2.22 bits per heavy atom. The largest absolute Gasteiger partial charge is 0.357 e. The zero-order valence-electron chi connectivity index (χ0n) is 4.70. The van der Waals surface area contributed by atoms with E-state index in [1.165, 1.54) is 6.92 Å². The molecule has 0 aliphatic heterocycles. The molecule has 0 bridgehead atoms. The zero-order valence-corrected chi connectivity index (χ0v) is 6.33. The van der Waals surface area contributed by atoms with Gasteiger partial charge in [0.15, 0.2) is 0 Å². The molecule has 7 heteroatoms. The molecule has 0 amide bonds. The van der Waals surface area contributed by atoms with Crippen molar-refractivity contribution in [2.24, 2.45) is 0 Å². The molecule has 0 aliphatic rings. The van der Waals surface area contributed by atoms with Crippen LogP contribution in [0.1, 0.15) is 6.92 Å². The molecule has 0 aliphatic carbocycles. The number of hydrogen-bond donors (Lipinski definition) is 2. The zero-order chi connectivity index (χ0) is 6.62. The molecule has 2 N–H and O–H groups in total. The van der Waals surface area contributed by atoms with E-state index >= 15 is 0 Å². The molecule has 0 fully saturated rings. The highest BCUT2D eigenvalue weighted by molar-refractivity contribution is 7.84. The van der Waals surface area contributed by atoms with Crippen LogP contribution in [-0.2, 0) is 14.5 Å². The van der Waals surface area contributed by atoms with Crippen molar-refractivity contribution < 1.29 is 17.8 Å². The van der Waals surface area contributed by atoms with Gasteiger partial charge < -0.3 is 5.21 Å². The number of hydrogen-bond acceptors (Lipinski definition) is 4. The molecule has 5 nitrogen and oxygen atoms in total. The van der Waals surface area contributed by atoms with E-state index < -0.39 is 10.3 Å². The Kier molecular flexibility index (Phi) is 6.52. The van der Waals surface area contributed by atoms with Crippen molar-refractivity contribution in [1.82, 2.24) is 4.89 Å². The Bertz CT molecular complexity index is 143. The van der Waals surface area contributed by atoms with Gasteiger partial charge >= 0.3 is 10.3 Å². The van der Waals surface area contributed by atoms with Gasteiger partial charge in [0.25, 0.3) is 0 Å². The summed E-state index contributed by atoms with van der Waals surface area (Å²) < 4.78 is 24.0. The van der Waals surface area contributed by atoms with Crippen LogP contribution >= 0.6 is 12.4 Å². The Morgan fingerprint density at radius 1 is 1.67 bits per heavy atom. The third-order valence-electron chi connectivity index (χ3n) is 0.385. The molecule has 58 valence electrons. The van der Waals surface area contributed by atoms with Crippen LogP contribution in [0.5, 0.6) is 0 Å². The predicted molar refractivity (Wildman–Crippen MR) is 32.7 cm³/mol. The minimum Gasteiger partial charge on any atom is -0.300 e. The Hall–Kier alpha value is 0.120. The summed E-state index contributed by atoms with van der Waals surface area (Å²) in [4.78, 5) is 0.992. The average Bonchev–Trinajstić information content (AvgIpc) is 1.67. The third kappa shape index (κ3) is 6.00. The van der Waals surface area contributed by atoms with Crippen molar-refractivity contribution in [2.75, 3.05) is 6.61 Å². The highest BCUT2D eigenvalue weighted by atomic mass is 35.5. The Labute approximate surface area is 59.6 Å². The van der Waals surface area contributed by atoms with Crippen molar-refractivity contribution in [3.8, 4) is 0 Å². The molecule has 0 radical (unpaired) electrons. The van der Waals surface area contributed by atoms with E-state index in [0.29, 0.717) is 0 Å². The molecule has 0 rings (SSSR count). The van der Waals surface area contributed by atoms with Gasteiger partial charge in [-0.2, -0.15) is 8.42 Å². The van der Waals surface area contributed by atoms with Crippen LogP contribution in [0.15, 0.2) is 0 Å². The fourth-order valence-corrected chi connectivity index (χ4v) is 0.545. The summed E-state index contributed by atoms with van der Waals surface area (Å²) in [6, 6.07) is 0. The lowest BCUT2D eigenvalue weighted by Gasteiger charge is -1.95. The maximum absolute atomic E-state index is 10.0. The lowest BCUT2D eigenvalue weighted by molar-refractivity contribution is 0.208. The molecular weight excluding hydrogens is 170 g/mol. The summed E-state index contributed by atoms with van der Waals surface area (Å²) in [5, 5.41) is 7.76. The van der Waals surface area contributed by atoms with E-state index in [1.54, 1.807) is 0 Å². The van der Waals surface area contributed by atoms with Crippen molar-refractivity contribution >= 4 is 22.7 Å². The van der Waals surface area contributed by atoms with Crippen molar-refractivity contribution in [2.45, 2.75) is 6.92 Å². The average molecular weight is 178 g/mol. The molecule has 0 saturated carbocycles. The Balaban J connectivity index is 0. The maximum atomic E-state index is 10.0. The van der Waals surface area contributed by atoms with Crippen molar-refractivity contribution in [1.29, 1.82) is 0 Å². The molecule has 9 heavy (non-hydrogen) atoms. The van der Waals surface area contributed by atoms with E-state index in [4.69, 9.17) is 5.21 Å². The molecule has 0 aromatic carbocycles. The SMILES string of the molecule is CCOS(=O)(=O)NO.Cl. The summed E-state index contributed by atoms with van der Waals surface area (Å²) in [6.07, 6.45) is 0. The van der Waals surface area contributed by atoms with Gasteiger partial charge in [-0.15, -0.1) is 12.4 Å². The lowest BCUT2D eigenvalue weighted by Crippen LogP contribution is -2.21. The quantitative estimate of drug-likeness (QED) is 0.579. The van der Waals surface area contributed by atoms with Gasteiger partial charge in [0.05, 0.1) is 6.61 Å². The van der Waals surface area contributed by atoms with Gasteiger partial charge in [0, 0.05) is 0 Å². The van der Waals surface area contributed by atoms with Crippen LogP contribution in [-0.4, -0.2) is 20.2 Å².